The van der Waals surface area contributed by atoms with Crippen molar-refractivity contribution in [1.82, 2.24) is 0 Å². The third kappa shape index (κ3) is 11.3. The maximum Gasteiger partial charge on any atom is 0.514 e. The van der Waals surface area contributed by atoms with Gasteiger partial charge in [-0.25, -0.2) is 9.59 Å². The first-order valence-corrected chi connectivity index (χ1v) is 15.5. The molecule has 0 spiro atoms. The highest BCUT2D eigenvalue weighted by Crippen LogP contribution is 2.38. The molecule has 0 saturated heterocycles. The first-order valence-electron chi connectivity index (χ1n) is 15.5. The monoisotopic (exact) mass is 607 g/mol. The summed E-state index contributed by atoms with van der Waals surface area (Å²) in [5, 5.41) is 9.87. The summed E-state index contributed by atoms with van der Waals surface area (Å²) in [5.74, 6) is -3.44. The summed E-state index contributed by atoms with van der Waals surface area (Å²) in [5.41, 5.74) is 6.56. The minimum Gasteiger partial charge on any atom is -0.480 e. The van der Waals surface area contributed by atoms with Crippen LogP contribution in [0.1, 0.15) is 111 Å². The molecule has 2 rings (SSSR count). The zero-order valence-corrected chi connectivity index (χ0v) is 26.3. The van der Waals surface area contributed by atoms with Crippen molar-refractivity contribution < 1.29 is 48.0 Å². The van der Waals surface area contributed by atoms with E-state index in [2.05, 4.69) is 0 Å². The lowest BCUT2D eigenvalue weighted by atomic mass is 9.79. The average Bonchev–Trinajstić information content (AvgIpc) is 2.94. The maximum atomic E-state index is 12.8. The highest BCUT2D eigenvalue weighted by molar-refractivity contribution is 5.75. The van der Waals surface area contributed by atoms with Crippen LogP contribution in [0.5, 0.6) is 11.5 Å². The van der Waals surface area contributed by atoms with Gasteiger partial charge in [0.05, 0.1) is 5.92 Å². The molecule has 0 bridgehead atoms. The van der Waals surface area contributed by atoms with Gasteiger partial charge in [0.15, 0.2) is 11.5 Å². The van der Waals surface area contributed by atoms with Crippen LogP contribution in [0.3, 0.4) is 0 Å². The van der Waals surface area contributed by atoms with Crippen molar-refractivity contribution in [2.75, 3.05) is 0 Å². The molecule has 1 saturated carbocycles. The van der Waals surface area contributed by atoms with E-state index in [-0.39, 0.29) is 23.4 Å². The Morgan fingerprint density at radius 3 is 1.88 bits per heavy atom. The lowest BCUT2D eigenvalue weighted by molar-refractivity contribution is -0.157. The van der Waals surface area contributed by atoms with E-state index in [9.17, 15) is 24.3 Å². The van der Waals surface area contributed by atoms with Crippen molar-refractivity contribution in [1.29, 1.82) is 0 Å². The quantitative estimate of drug-likeness (QED) is 0.123. The normalized spacial score (nSPS) is 17.8. The fraction of sp³-hybridized carbons (Fsp3) is 0.688. The van der Waals surface area contributed by atoms with Crippen molar-refractivity contribution in [2.45, 2.75) is 130 Å². The van der Waals surface area contributed by atoms with E-state index in [1.807, 2.05) is 13.8 Å². The summed E-state index contributed by atoms with van der Waals surface area (Å²) in [6.45, 7) is 10.8. The number of esters is 1. The fourth-order valence-corrected chi connectivity index (χ4v) is 5.39. The number of benzene rings is 1. The molecule has 1 aromatic rings. The zero-order chi connectivity index (χ0) is 32.1. The molecule has 0 heterocycles. The standard InChI is InChI=1S/C32H49NO10/c1-7-12-19(3)39-31(37)42-25-17-16-24(18-26(25)43-32(38)40-20(4)13-8-2)27(28(33)29(34)35)21(5)22(6)41-30(36)23-14-10-9-11-15-23/h16-23,27-28H,7-15,33H2,1-6H3,(H,34,35)/t19?,20?,21?,22?,27?,28-/m0/s1. The van der Waals surface area contributed by atoms with Crippen LogP contribution in [0.15, 0.2) is 18.2 Å². The van der Waals surface area contributed by atoms with Crippen molar-refractivity contribution in [2.24, 2.45) is 17.6 Å². The van der Waals surface area contributed by atoms with Crippen LogP contribution in [-0.4, -0.2) is 53.7 Å². The van der Waals surface area contributed by atoms with Crippen molar-refractivity contribution >= 4 is 24.2 Å². The molecule has 11 heteroatoms. The zero-order valence-electron chi connectivity index (χ0n) is 26.3. The minimum atomic E-state index is -1.39. The van der Waals surface area contributed by atoms with Crippen molar-refractivity contribution in [3.05, 3.63) is 23.8 Å². The number of carboxylic acid groups (broad SMARTS) is 1. The Kier molecular flexibility index (Phi) is 14.8. The third-order valence-electron chi connectivity index (χ3n) is 7.94. The SMILES string of the molecule is CCCC(C)OC(=O)Oc1ccc(C(C(C)C(C)OC(=O)C2CCCCC2)[C@H](N)C(=O)O)cc1OC(=O)OC(C)CCC. The van der Waals surface area contributed by atoms with Crippen LogP contribution in [0.25, 0.3) is 0 Å². The van der Waals surface area contributed by atoms with E-state index < -0.39 is 54.5 Å². The van der Waals surface area contributed by atoms with E-state index in [0.717, 1.165) is 44.9 Å². The Hall–Kier alpha value is -3.34. The molecule has 11 nitrogen and oxygen atoms in total. The predicted octanol–water partition coefficient (Wildman–Crippen LogP) is 6.74. The molecule has 1 aromatic carbocycles. The molecule has 1 fully saturated rings. The van der Waals surface area contributed by atoms with Crippen LogP contribution >= 0.6 is 0 Å². The van der Waals surface area contributed by atoms with Crippen molar-refractivity contribution in [3.63, 3.8) is 0 Å². The lowest BCUT2D eigenvalue weighted by Crippen LogP contribution is -2.43. The minimum absolute atomic E-state index is 0.121. The Labute approximate surface area is 254 Å². The van der Waals surface area contributed by atoms with Gasteiger partial charge < -0.3 is 34.5 Å². The Morgan fingerprint density at radius 2 is 1.37 bits per heavy atom. The van der Waals surface area contributed by atoms with Gasteiger partial charge in [-0.05, 0) is 64.2 Å². The number of ether oxygens (including phenoxy) is 5. The molecule has 6 atom stereocenters. The topological polar surface area (TPSA) is 161 Å². The number of nitrogens with two attached hydrogens (primary N) is 1. The van der Waals surface area contributed by atoms with Crippen molar-refractivity contribution in [3.8, 4) is 11.5 Å². The third-order valence-corrected chi connectivity index (χ3v) is 7.94. The summed E-state index contributed by atoms with van der Waals surface area (Å²) in [6, 6.07) is 2.92. The van der Waals surface area contributed by atoms with Gasteiger partial charge in [0, 0.05) is 11.8 Å². The molecule has 1 aliphatic rings. The van der Waals surface area contributed by atoms with Gasteiger partial charge in [0.25, 0.3) is 0 Å². The second kappa shape index (κ2) is 17.7. The van der Waals surface area contributed by atoms with Gasteiger partial charge in [0.2, 0.25) is 0 Å². The Bertz CT molecular complexity index is 1070. The number of hydrogen-bond acceptors (Lipinski definition) is 10. The molecule has 0 radical (unpaired) electrons. The van der Waals surface area contributed by atoms with Gasteiger partial charge in [-0.15, -0.1) is 0 Å². The van der Waals surface area contributed by atoms with Gasteiger partial charge in [-0.3, -0.25) is 9.59 Å². The van der Waals surface area contributed by atoms with Crippen LogP contribution in [0.4, 0.5) is 9.59 Å². The lowest BCUT2D eigenvalue weighted by Gasteiger charge is -2.33. The van der Waals surface area contributed by atoms with E-state index in [1.54, 1.807) is 27.7 Å². The van der Waals surface area contributed by atoms with Gasteiger partial charge >= 0.3 is 24.2 Å². The predicted molar refractivity (Wildman–Crippen MR) is 159 cm³/mol. The first-order chi connectivity index (χ1) is 20.4. The summed E-state index contributed by atoms with van der Waals surface area (Å²) >= 11 is 0. The van der Waals surface area contributed by atoms with E-state index >= 15 is 0 Å². The Balaban J connectivity index is 2.39. The smallest absolute Gasteiger partial charge is 0.480 e. The summed E-state index contributed by atoms with van der Waals surface area (Å²) < 4.78 is 27.2. The van der Waals surface area contributed by atoms with Gasteiger partial charge in [-0.2, -0.15) is 0 Å². The summed E-state index contributed by atoms with van der Waals surface area (Å²) in [7, 11) is 0. The molecule has 43 heavy (non-hydrogen) atoms. The highest BCUT2D eigenvalue weighted by Gasteiger charge is 2.37. The molecule has 5 unspecified atom stereocenters. The molecular formula is C32H49NO10. The Morgan fingerprint density at radius 1 is 0.837 bits per heavy atom. The summed E-state index contributed by atoms with van der Waals surface area (Å²) in [6.07, 6.45) is 3.94. The van der Waals surface area contributed by atoms with E-state index in [0.29, 0.717) is 18.4 Å². The number of carbonyl (C=O) groups excluding carboxylic acids is 3. The van der Waals surface area contributed by atoms with E-state index in [4.69, 9.17) is 29.4 Å². The van der Waals surface area contributed by atoms with Gasteiger partial charge in [0.1, 0.15) is 24.4 Å². The first kappa shape index (κ1) is 35.9. The molecule has 0 aliphatic heterocycles. The van der Waals surface area contributed by atoms with Crippen LogP contribution in [-0.2, 0) is 23.8 Å². The summed E-state index contributed by atoms with van der Waals surface area (Å²) in [4.78, 5) is 50.1. The van der Waals surface area contributed by atoms with Gasteiger partial charge in [-0.1, -0.05) is 58.9 Å². The maximum absolute atomic E-state index is 12.8. The molecule has 0 aromatic heterocycles. The highest BCUT2D eigenvalue weighted by atomic mass is 16.7. The molecule has 0 amide bonds. The number of aliphatic carboxylic acids is 1. The number of carboxylic acids is 1. The van der Waals surface area contributed by atoms with Crippen LogP contribution < -0.4 is 15.2 Å². The fourth-order valence-electron chi connectivity index (χ4n) is 5.39. The number of rotatable bonds is 15. The van der Waals surface area contributed by atoms with Crippen LogP contribution in [0.2, 0.25) is 0 Å². The second-order valence-corrected chi connectivity index (χ2v) is 11.6. The number of carbonyl (C=O) groups is 4. The number of hydrogen-bond donors (Lipinski definition) is 2. The second-order valence-electron chi connectivity index (χ2n) is 11.6. The largest absolute Gasteiger partial charge is 0.514 e. The van der Waals surface area contributed by atoms with Crippen LogP contribution in [0, 0.1) is 11.8 Å². The molecule has 242 valence electrons. The average molecular weight is 608 g/mol. The van der Waals surface area contributed by atoms with E-state index in [1.165, 1.54) is 18.2 Å². The molecule has 1 aliphatic carbocycles. The molecular weight excluding hydrogens is 558 g/mol. The molecule has 3 N–H and O–H groups in total.